The van der Waals surface area contributed by atoms with Crippen LogP contribution in [0.3, 0.4) is 0 Å². The van der Waals surface area contributed by atoms with Gasteiger partial charge in [-0.05, 0) is 56.3 Å². The number of amides is 1. The molecule has 164 valence electrons. The van der Waals surface area contributed by atoms with Gasteiger partial charge >= 0.3 is 0 Å². The number of pyridine rings is 1. The lowest BCUT2D eigenvalue weighted by atomic mass is 10.2. The maximum atomic E-state index is 12.3. The van der Waals surface area contributed by atoms with Gasteiger partial charge in [0.15, 0.2) is 5.69 Å². The van der Waals surface area contributed by atoms with E-state index in [1.807, 2.05) is 22.8 Å². The fraction of sp³-hybridized carbons (Fsp3) is 0.391. The van der Waals surface area contributed by atoms with Gasteiger partial charge in [-0.15, -0.1) is 10.2 Å². The van der Waals surface area contributed by atoms with Gasteiger partial charge in [0, 0.05) is 22.3 Å². The van der Waals surface area contributed by atoms with Gasteiger partial charge in [-0.25, -0.2) is 0 Å². The molecule has 0 atom stereocenters. The SMILES string of the molecule is CCCCN(CCCC)Cn1c(O)c(N=NC(=O)c2cccnc2)c2cc(Br)ccc21. The molecular formula is C23H28BrN5O2. The summed E-state index contributed by atoms with van der Waals surface area (Å²) in [6.45, 7) is 6.83. The van der Waals surface area contributed by atoms with Crippen LogP contribution in [0.1, 0.15) is 49.9 Å². The number of rotatable bonds is 10. The number of hydrogen-bond donors (Lipinski definition) is 1. The average molecular weight is 486 g/mol. The second-order valence-corrected chi connectivity index (χ2v) is 8.39. The maximum Gasteiger partial charge on any atom is 0.296 e. The second kappa shape index (κ2) is 11.2. The Morgan fingerprint density at radius 2 is 1.94 bits per heavy atom. The number of halogens is 1. The molecule has 2 aromatic heterocycles. The van der Waals surface area contributed by atoms with Crippen LogP contribution in [0.15, 0.2) is 57.4 Å². The second-order valence-electron chi connectivity index (χ2n) is 7.48. The number of carbonyl (C=O) groups is 1. The van der Waals surface area contributed by atoms with Gasteiger partial charge in [0.2, 0.25) is 5.88 Å². The van der Waals surface area contributed by atoms with E-state index in [-0.39, 0.29) is 5.88 Å². The first kappa shape index (κ1) is 23.1. The summed E-state index contributed by atoms with van der Waals surface area (Å²) in [4.78, 5) is 18.6. The maximum absolute atomic E-state index is 12.3. The molecule has 0 saturated heterocycles. The number of carbonyl (C=O) groups excluding carboxylic acids is 1. The molecule has 7 nitrogen and oxygen atoms in total. The lowest BCUT2D eigenvalue weighted by molar-refractivity contribution is 0.0994. The molecule has 31 heavy (non-hydrogen) atoms. The molecule has 0 radical (unpaired) electrons. The fourth-order valence-corrected chi connectivity index (χ4v) is 3.76. The van der Waals surface area contributed by atoms with Crippen LogP contribution in [-0.4, -0.2) is 38.6 Å². The monoisotopic (exact) mass is 485 g/mol. The number of nitrogens with zero attached hydrogens (tertiary/aromatic N) is 5. The largest absolute Gasteiger partial charge is 0.493 e. The Hall–Kier alpha value is -2.58. The molecule has 1 N–H and O–H groups in total. The van der Waals surface area contributed by atoms with E-state index in [4.69, 9.17) is 0 Å². The highest BCUT2D eigenvalue weighted by Crippen LogP contribution is 2.40. The third kappa shape index (κ3) is 5.77. The Balaban J connectivity index is 1.96. The highest BCUT2D eigenvalue weighted by atomic mass is 79.9. The first-order chi connectivity index (χ1) is 15.0. The van der Waals surface area contributed by atoms with Crippen molar-refractivity contribution in [1.29, 1.82) is 0 Å². The third-order valence-electron chi connectivity index (χ3n) is 5.12. The van der Waals surface area contributed by atoms with E-state index in [1.165, 1.54) is 6.20 Å². The van der Waals surface area contributed by atoms with Crippen LogP contribution in [0.5, 0.6) is 5.88 Å². The van der Waals surface area contributed by atoms with Crippen LogP contribution < -0.4 is 0 Å². The van der Waals surface area contributed by atoms with Crippen molar-refractivity contribution >= 4 is 38.4 Å². The number of fused-ring (bicyclic) bond motifs is 1. The van der Waals surface area contributed by atoms with E-state index in [2.05, 4.69) is 49.9 Å². The van der Waals surface area contributed by atoms with Crippen molar-refractivity contribution < 1.29 is 9.90 Å². The smallest absolute Gasteiger partial charge is 0.296 e. The van der Waals surface area contributed by atoms with Gasteiger partial charge in [0.25, 0.3) is 5.91 Å². The van der Waals surface area contributed by atoms with Crippen LogP contribution in [0.4, 0.5) is 5.69 Å². The summed E-state index contributed by atoms with van der Waals surface area (Å²) in [6, 6.07) is 9.07. The van der Waals surface area contributed by atoms with Crippen molar-refractivity contribution in [1.82, 2.24) is 14.5 Å². The average Bonchev–Trinajstić information content (AvgIpc) is 3.04. The molecule has 1 aromatic carbocycles. The minimum Gasteiger partial charge on any atom is -0.493 e. The Labute approximate surface area is 190 Å². The number of benzene rings is 1. The number of unbranched alkanes of at least 4 members (excludes halogenated alkanes) is 2. The predicted octanol–water partition coefficient (Wildman–Crippen LogP) is 6.29. The van der Waals surface area contributed by atoms with Crippen molar-refractivity contribution in [3.63, 3.8) is 0 Å². The summed E-state index contributed by atoms with van der Waals surface area (Å²) < 4.78 is 2.71. The molecular weight excluding hydrogens is 458 g/mol. The molecule has 0 aliphatic heterocycles. The minimum absolute atomic E-state index is 0.00818. The number of azo groups is 1. The van der Waals surface area contributed by atoms with Gasteiger partial charge in [-0.3, -0.25) is 19.2 Å². The van der Waals surface area contributed by atoms with E-state index in [0.717, 1.165) is 54.1 Å². The molecule has 0 aliphatic carbocycles. The highest BCUT2D eigenvalue weighted by molar-refractivity contribution is 9.10. The van der Waals surface area contributed by atoms with Gasteiger partial charge in [-0.2, -0.15) is 0 Å². The van der Waals surface area contributed by atoms with Crippen LogP contribution >= 0.6 is 15.9 Å². The van der Waals surface area contributed by atoms with E-state index in [1.54, 1.807) is 18.3 Å². The molecule has 8 heteroatoms. The Morgan fingerprint density at radius 1 is 1.19 bits per heavy atom. The van der Waals surface area contributed by atoms with Gasteiger partial charge < -0.3 is 5.11 Å². The number of aromatic nitrogens is 2. The topological polar surface area (TPSA) is 83.1 Å². The molecule has 2 heterocycles. The molecule has 3 aromatic rings. The Kier molecular flexibility index (Phi) is 8.31. The lowest BCUT2D eigenvalue weighted by Crippen LogP contribution is -2.28. The summed E-state index contributed by atoms with van der Waals surface area (Å²) in [5.74, 6) is -0.496. The molecule has 1 amide bonds. The van der Waals surface area contributed by atoms with Crippen molar-refractivity contribution in [2.45, 2.75) is 46.2 Å². The molecule has 3 rings (SSSR count). The van der Waals surface area contributed by atoms with Gasteiger partial charge in [-0.1, -0.05) is 42.6 Å². The van der Waals surface area contributed by atoms with E-state index in [0.29, 0.717) is 17.9 Å². The van der Waals surface area contributed by atoms with Crippen molar-refractivity contribution in [3.05, 3.63) is 52.8 Å². The third-order valence-corrected chi connectivity index (χ3v) is 5.61. The van der Waals surface area contributed by atoms with Gasteiger partial charge in [0.05, 0.1) is 17.7 Å². The summed E-state index contributed by atoms with van der Waals surface area (Å²) in [7, 11) is 0. The van der Waals surface area contributed by atoms with Crippen molar-refractivity contribution in [3.8, 4) is 5.88 Å². The normalized spacial score (nSPS) is 11.7. The number of aromatic hydroxyl groups is 1. The van der Waals surface area contributed by atoms with Crippen LogP contribution in [-0.2, 0) is 6.67 Å². The Morgan fingerprint density at radius 3 is 2.58 bits per heavy atom. The molecule has 0 aliphatic rings. The summed E-state index contributed by atoms with van der Waals surface area (Å²) >= 11 is 3.49. The zero-order chi connectivity index (χ0) is 22.2. The fourth-order valence-electron chi connectivity index (χ4n) is 3.40. The molecule has 0 unspecified atom stereocenters. The minimum atomic E-state index is -0.504. The van der Waals surface area contributed by atoms with Crippen molar-refractivity contribution in [2.75, 3.05) is 13.1 Å². The van der Waals surface area contributed by atoms with Crippen LogP contribution in [0.2, 0.25) is 0 Å². The summed E-state index contributed by atoms with van der Waals surface area (Å²) in [5.41, 5.74) is 1.49. The van der Waals surface area contributed by atoms with E-state index in [9.17, 15) is 9.90 Å². The number of hydrogen-bond acceptors (Lipinski definition) is 5. The summed E-state index contributed by atoms with van der Waals surface area (Å²) in [5, 5.41) is 19.7. The first-order valence-electron chi connectivity index (χ1n) is 10.6. The standard InChI is InChI=1S/C23H28BrN5O2/c1-3-5-12-28(13-6-4-2)16-29-20-10-9-18(24)14-19(20)21(23(29)31)26-27-22(30)17-8-7-11-25-15-17/h7-11,14-15,31H,3-6,12-13,16H2,1-2H3. The predicted molar refractivity (Wildman–Crippen MR) is 126 cm³/mol. The van der Waals surface area contributed by atoms with E-state index >= 15 is 0 Å². The zero-order valence-corrected chi connectivity index (χ0v) is 19.5. The quantitative estimate of drug-likeness (QED) is 0.342. The first-order valence-corrected chi connectivity index (χ1v) is 11.4. The Bertz CT molecular complexity index is 1040. The molecule has 0 saturated carbocycles. The van der Waals surface area contributed by atoms with Gasteiger partial charge in [0.1, 0.15) is 0 Å². The molecule has 0 spiro atoms. The summed E-state index contributed by atoms with van der Waals surface area (Å²) in [6.07, 6.45) is 7.46. The molecule has 0 fully saturated rings. The zero-order valence-electron chi connectivity index (χ0n) is 18.0. The van der Waals surface area contributed by atoms with Crippen LogP contribution in [0, 0.1) is 0 Å². The van der Waals surface area contributed by atoms with Crippen LogP contribution in [0.25, 0.3) is 10.9 Å². The highest BCUT2D eigenvalue weighted by Gasteiger charge is 2.19. The molecule has 0 bridgehead atoms. The van der Waals surface area contributed by atoms with E-state index < -0.39 is 5.91 Å². The lowest BCUT2D eigenvalue weighted by Gasteiger charge is -2.23. The van der Waals surface area contributed by atoms with Crippen molar-refractivity contribution in [2.24, 2.45) is 10.2 Å².